The van der Waals surface area contributed by atoms with Gasteiger partial charge in [0.1, 0.15) is 5.82 Å². The van der Waals surface area contributed by atoms with Crippen molar-refractivity contribution in [1.82, 2.24) is 10.3 Å². The molecule has 0 aliphatic carbocycles. The number of rotatable bonds is 4. The molecule has 3 nitrogen and oxygen atoms in total. The van der Waals surface area contributed by atoms with E-state index in [1.807, 2.05) is 13.8 Å². The summed E-state index contributed by atoms with van der Waals surface area (Å²) in [5.41, 5.74) is 0.216. The minimum atomic E-state index is -0.523. The van der Waals surface area contributed by atoms with E-state index in [1.165, 1.54) is 6.20 Å². The molecule has 1 rings (SSSR count). The van der Waals surface area contributed by atoms with Gasteiger partial charge < -0.3 is 5.32 Å². The predicted molar refractivity (Wildman–Crippen MR) is 61.0 cm³/mol. The van der Waals surface area contributed by atoms with Gasteiger partial charge in [0.05, 0.1) is 11.8 Å². The lowest BCUT2D eigenvalue weighted by Crippen LogP contribution is -2.37. The molecule has 0 aromatic carbocycles. The summed E-state index contributed by atoms with van der Waals surface area (Å²) in [7, 11) is 0. The maximum atomic E-state index is 12.8. The van der Waals surface area contributed by atoms with Gasteiger partial charge in [-0.25, -0.2) is 4.39 Å². The highest BCUT2D eigenvalue weighted by molar-refractivity contribution is 6.18. The summed E-state index contributed by atoms with van der Waals surface area (Å²) in [6.07, 6.45) is 2.39. The number of hydrogen-bond donors (Lipinski definition) is 1. The Morgan fingerprint density at radius 2 is 2.25 bits per heavy atom. The fourth-order valence-corrected chi connectivity index (χ4v) is 1.37. The van der Waals surface area contributed by atoms with Crippen LogP contribution in [0.4, 0.5) is 4.39 Å². The lowest BCUT2D eigenvalue weighted by atomic mass is 10.1. The molecule has 1 N–H and O–H groups in total. The third kappa shape index (κ3) is 3.45. The molecule has 0 spiro atoms. The molecule has 0 radical (unpaired) electrons. The Hall–Kier alpha value is -1.16. The number of hydrogen-bond acceptors (Lipinski definition) is 2. The van der Waals surface area contributed by atoms with E-state index in [0.29, 0.717) is 5.88 Å². The van der Waals surface area contributed by atoms with Crippen LogP contribution in [0.5, 0.6) is 0 Å². The largest absolute Gasteiger partial charge is 0.349 e. The molecular formula is C11H14ClFN2O. The van der Waals surface area contributed by atoms with Gasteiger partial charge in [-0.15, -0.1) is 11.6 Å². The summed E-state index contributed by atoms with van der Waals surface area (Å²) in [5, 5.41) is 2.74. The Kier molecular flexibility index (Phi) is 4.68. The normalized spacial score (nSPS) is 14.2. The molecule has 88 valence electrons. The quantitative estimate of drug-likeness (QED) is 0.826. The Bertz CT molecular complexity index is 373. The molecule has 0 saturated heterocycles. The first-order chi connectivity index (χ1) is 7.54. The third-order valence-electron chi connectivity index (χ3n) is 2.42. The van der Waals surface area contributed by atoms with E-state index >= 15 is 0 Å². The Morgan fingerprint density at radius 3 is 2.81 bits per heavy atom. The molecule has 2 unspecified atom stereocenters. The fraction of sp³-hybridized carbons (Fsp3) is 0.455. The van der Waals surface area contributed by atoms with E-state index < -0.39 is 5.82 Å². The molecule has 0 bridgehead atoms. The minimum Gasteiger partial charge on any atom is -0.349 e. The Labute approximate surface area is 99.0 Å². The van der Waals surface area contributed by atoms with Crippen molar-refractivity contribution in [2.75, 3.05) is 5.88 Å². The van der Waals surface area contributed by atoms with Crippen molar-refractivity contribution >= 4 is 17.5 Å². The molecule has 1 amide bonds. The van der Waals surface area contributed by atoms with Crippen molar-refractivity contribution in [3.8, 4) is 0 Å². The van der Waals surface area contributed by atoms with Crippen LogP contribution in [0.3, 0.4) is 0 Å². The van der Waals surface area contributed by atoms with Crippen molar-refractivity contribution in [1.29, 1.82) is 0 Å². The maximum Gasteiger partial charge on any atom is 0.253 e. The number of alkyl halides is 1. The molecule has 1 heterocycles. The zero-order valence-electron chi connectivity index (χ0n) is 9.21. The number of halogens is 2. The monoisotopic (exact) mass is 244 g/mol. The van der Waals surface area contributed by atoms with Crippen LogP contribution in [0.15, 0.2) is 18.5 Å². The summed E-state index contributed by atoms with van der Waals surface area (Å²) in [4.78, 5) is 15.3. The predicted octanol–water partition coefficient (Wildman–Crippen LogP) is 2.21. The minimum absolute atomic E-state index is 0.0618. The van der Waals surface area contributed by atoms with Gasteiger partial charge in [-0.3, -0.25) is 9.78 Å². The van der Waals surface area contributed by atoms with Crippen LogP contribution >= 0.6 is 11.6 Å². The van der Waals surface area contributed by atoms with Crippen LogP contribution in [-0.4, -0.2) is 22.8 Å². The standard InChI is InChI=1S/C11H14ClFN2O/c1-7(4-12)8(2)15-11(16)9-3-10(13)6-14-5-9/h3,5-8H,4H2,1-2H3,(H,15,16). The van der Waals surface area contributed by atoms with Crippen molar-refractivity contribution in [2.45, 2.75) is 19.9 Å². The second-order valence-corrected chi connectivity index (χ2v) is 4.09. The molecule has 0 aliphatic heterocycles. The molecule has 2 atom stereocenters. The second-order valence-electron chi connectivity index (χ2n) is 3.79. The number of nitrogens with zero attached hydrogens (tertiary/aromatic N) is 1. The highest BCUT2D eigenvalue weighted by Crippen LogP contribution is 2.06. The fourth-order valence-electron chi connectivity index (χ4n) is 1.10. The first kappa shape index (κ1) is 12.9. The molecular weight excluding hydrogens is 231 g/mol. The first-order valence-electron chi connectivity index (χ1n) is 5.02. The number of aromatic nitrogens is 1. The number of nitrogens with one attached hydrogen (secondary N) is 1. The third-order valence-corrected chi connectivity index (χ3v) is 2.91. The topological polar surface area (TPSA) is 42.0 Å². The molecule has 0 saturated carbocycles. The van der Waals surface area contributed by atoms with E-state index in [9.17, 15) is 9.18 Å². The van der Waals surface area contributed by atoms with Crippen LogP contribution in [0.25, 0.3) is 0 Å². The van der Waals surface area contributed by atoms with E-state index in [1.54, 1.807) is 0 Å². The number of carbonyl (C=O) groups is 1. The van der Waals surface area contributed by atoms with Crippen LogP contribution in [-0.2, 0) is 0 Å². The van der Waals surface area contributed by atoms with Crippen molar-refractivity contribution in [3.05, 3.63) is 29.8 Å². The van der Waals surface area contributed by atoms with E-state index in [2.05, 4.69) is 10.3 Å². The summed E-state index contributed by atoms with van der Waals surface area (Å²) in [6.45, 7) is 3.79. The summed E-state index contributed by atoms with van der Waals surface area (Å²) in [6, 6.07) is 1.09. The molecule has 1 aromatic heterocycles. The van der Waals surface area contributed by atoms with Crippen LogP contribution in [0.1, 0.15) is 24.2 Å². The lowest BCUT2D eigenvalue weighted by molar-refractivity contribution is 0.0930. The zero-order valence-corrected chi connectivity index (χ0v) is 9.96. The van der Waals surface area contributed by atoms with Gasteiger partial charge >= 0.3 is 0 Å². The second kappa shape index (κ2) is 5.80. The number of amides is 1. The SMILES string of the molecule is CC(CCl)C(C)NC(=O)c1cncc(F)c1. The van der Waals surface area contributed by atoms with Gasteiger partial charge in [-0.2, -0.15) is 0 Å². The first-order valence-corrected chi connectivity index (χ1v) is 5.55. The van der Waals surface area contributed by atoms with Crippen molar-refractivity contribution < 1.29 is 9.18 Å². The molecule has 0 aliphatic rings. The van der Waals surface area contributed by atoms with E-state index in [0.717, 1.165) is 12.3 Å². The van der Waals surface area contributed by atoms with E-state index in [-0.39, 0.29) is 23.4 Å². The summed E-state index contributed by atoms with van der Waals surface area (Å²) < 4.78 is 12.8. The molecule has 1 aromatic rings. The van der Waals surface area contributed by atoms with Gasteiger partial charge in [0.25, 0.3) is 5.91 Å². The van der Waals surface area contributed by atoms with Crippen molar-refractivity contribution in [3.63, 3.8) is 0 Å². The van der Waals surface area contributed by atoms with Crippen molar-refractivity contribution in [2.24, 2.45) is 5.92 Å². The van der Waals surface area contributed by atoms with Gasteiger partial charge in [-0.1, -0.05) is 6.92 Å². The maximum absolute atomic E-state index is 12.8. The highest BCUT2D eigenvalue weighted by Gasteiger charge is 2.15. The zero-order chi connectivity index (χ0) is 12.1. The van der Waals surface area contributed by atoms with E-state index in [4.69, 9.17) is 11.6 Å². The number of carbonyl (C=O) groups excluding carboxylic acids is 1. The van der Waals surface area contributed by atoms with Gasteiger partial charge in [0, 0.05) is 18.1 Å². The summed E-state index contributed by atoms with van der Waals surface area (Å²) >= 11 is 5.68. The van der Waals surface area contributed by atoms with Gasteiger partial charge in [0.2, 0.25) is 0 Å². The summed E-state index contributed by atoms with van der Waals surface area (Å²) in [5.74, 6) is -0.239. The van der Waals surface area contributed by atoms with Gasteiger partial charge in [-0.05, 0) is 18.9 Å². The average Bonchev–Trinajstić information content (AvgIpc) is 2.27. The Balaban J connectivity index is 2.66. The average molecular weight is 245 g/mol. The smallest absolute Gasteiger partial charge is 0.253 e. The van der Waals surface area contributed by atoms with Crippen LogP contribution in [0, 0.1) is 11.7 Å². The number of pyridine rings is 1. The van der Waals surface area contributed by atoms with Gasteiger partial charge in [0.15, 0.2) is 0 Å². The van der Waals surface area contributed by atoms with Crippen LogP contribution in [0.2, 0.25) is 0 Å². The molecule has 0 fully saturated rings. The highest BCUT2D eigenvalue weighted by atomic mass is 35.5. The van der Waals surface area contributed by atoms with Crippen LogP contribution < -0.4 is 5.32 Å². The lowest BCUT2D eigenvalue weighted by Gasteiger charge is -2.18. The molecule has 5 heteroatoms. The molecule has 16 heavy (non-hydrogen) atoms. The Morgan fingerprint density at radius 1 is 1.56 bits per heavy atom.